The molecule has 0 unspecified atom stereocenters. The van der Waals surface area contributed by atoms with E-state index in [2.05, 4.69) is 5.32 Å². The monoisotopic (exact) mass is 623 g/mol. The Morgan fingerprint density at radius 1 is 0.875 bits per heavy atom. The van der Waals surface area contributed by atoms with Crippen molar-refractivity contribution >= 4 is 62.3 Å². The minimum Gasteiger partial charge on any atom is -0.352 e. The zero-order valence-corrected chi connectivity index (χ0v) is 25.6. The summed E-state index contributed by atoms with van der Waals surface area (Å²) >= 11 is 18.7. The second kappa shape index (κ2) is 14.2. The van der Waals surface area contributed by atoms with Gasteiger partial charge >= 0.3 is 0 Å². The molecule has 0 aliphatic heterocycles. The summed E-state index contributed by atoms with van der Waals surface area (Å²) < 4.78 is 28.7. The van der Waals surface area contributed by atoms with Crippen molar-refractivity contribution < 1.29 is 18.0 Å². The van der Waals surface area contributed by atoms with Crippen LogP contribution in [0.25, 0.3) is 0 Å². The molecule has 0 radical (unpaired) electrons. The molecule has 2 amide bonds. The first-order valence-corrected chi connectivity index (χ1v) is 15.4. The molecule has 0 heterocycles. The molecule has 0 aromatic heterocycles. The van der Waals surface area contributed by atoms with E-state index in [1.165, 1.54) is 35.2 Å². The Morgan fingerprint density at radius 2 is 1.50 bits per heavy atom. The van der Waals surface area contributed by atoms with Gasteiger partial charge in [0.2, 0.25) is 11.8 Å². The molecule has 0 aliphatic carbocycles. The van der Waals surface area contributed by atoms with Gasteiger partial charge in [0, 0.05) is 22.6 Å². The summed E-state index contributed by atoms with van der Waals surface area (Å²) in [7, 11) is -4.25. The van der Waals surface area contributed by atoms with Gasteiger partial charge in [-0.2, -0.15) is 0 Å². The Labute approximate surface area is 251 Å². The molecular formula is C29H32Cl3N3O4S. The maximum atomic E-state index is 14.1. The Bertz CT molecular complexity index is 1420. The average Bonchev–Trinajstić information content (AvgIpc) is 2.94. The molecule has 3 aromatic rings. The van der Waals surface area contributed by atoms with Crippen molar-refractivity contribution in [2.24, 2.45) is 0 Å². The van der Waals surface area contributed by atoms with Gasteiger partial charge in [-0.15, -0.1) is 0 Å². The number of halogens is 3. The summed E-state index contributed by atoms with van der Waals surface area (Å²) in [5.74, 6) is -0.908. The van der Waals surface area contributed by atoms with Crippen molar-refractivity contribution in [1.29, 1.82) is 0 Å². The molecule has 0 spiro atoms. The molecule has 40 heavy (non-hydrogen) atoms. The zero-order valence-electron chi connectivity index (χ0n) is 22.5. The van der Waals surface area contributed by atoms with Gasteiger partial charge in [0.15, 0.2) is 0 Å². The van der Waals surface area contributed by atoms with Crippen LogP contribution >= 0.6 is 34.8 Å². The Morgan fingerprint density at radius 3 is 2.10 bits per heavy atom. The number of anilines is 1. The fraction of sp³-hybridized carbons (Fsp3) is 0.310. The van der Waals surface area contributed by atoms with Crippen LogP contribution in [0.4, 0.5) is 5.69 Å². The molecule has 7 nitrogen and oxygen atoms in total. The number of hydrogen-bond donors (Lipinski definition) is 1. The predicted molar refractivity (Wildman–Crippen MR) is 161 cm³/mol. The largest absolute Gasteiger partial charge is 0.352 e. The number of amides is 2. The first kappa shape index (κ1) is 31.7. The molecular weight excluding hydrogens is 593 g/mol. The van der Waals surface area contributed by atoms with Gasteiger partial charge in [-0.1, -0.05) is 79.0 Å². The molecule has 0 bridgehead atoms. The van der Waals surface area contributed by atoms with Crippen molar-refractivity contribution in [2.75, 3.05) is 10.8 Å². The Balaban J connectivity index is 2.08. The van der Waals surface area contributed by atoms with E-state index in [1.54, 1.807) is 49.4 Å². The van der Waals surface area contributed by atoms with E-state index in [4.69, 9.17) is 34.8 Å². The van der Waals surface area contributed by atoms with E-state index in [1.807, 2.05) is 13.8 Å². The molecule has 3 aromatic carbocycles. The van der Waals surface area contributed by atoms with Crippen LogP contribution in [0.5, 0.6) is 0 Å². The summed E-state index contributed by atoms with van der Waals surface area (Å²) in [6.45, 7) is 5.08. The third-order valence-electron chi connectivity index (χ3n) is 6.44. The fourth-order valence-corrected chi connectivity index (χ4v) is 6.07. The first-order chi connectivity index (χ1) is 19.0. The second-order valence-corrected chi connectivity index (χ2v) is 12.5. The lowest BCUT2D eigenvalue weighted by Crippen LogP contribution is -2.53. The van der Waals surface area contributed by atoms with Crippen molar-refractivity contribution in [1.82, 2.24) is 10.2 Å². The molecule has 0 saturated heterocycles. The first-order valence-electron chi connectivity index (χ1n) is 12.8. The van der Waals surface area contributed by atoms with Gasteiger partial charge in [0.25, 0.3) is 10.0 Å². The molecule has 0 fully saturated rings. The van der Waals surface area contributed by atoms with Crippen molar-refractivity contribution in [3.05, 3.63) is 93.4 Å². The van der Waals surface area contributed by atoms with Crippen LogP contribution in [-0.4, -0.2) is 43.8 Å². The highest BCUT2D eigenvalue weighted by Crippen LogP contribution is 2.33. The van der Waals surface area contributed by atoms with E-state index in [9.17, 15) is 18.0 Å². The topological polar surface area (TPSA) is 86.8 Å². The van der Waals surface area contributed by atoms with E-state index in [0.29, 0.717) is 17.9 Å². The third kappa shape index (κ3) is 7.91. The molecule has 2 atom stereocenters. The summed E-state index contributed by atoms with van der Waals surface area (Å²) in [5.41, 5.74) is 0.778. The minimum absolute atomic E-state index is 0.0235. The van der Waals surface area contributed by atoms with Crippen molar-refractivity contribution in [2.45, 2.75) is 57.1 Å². The van der Waals surface area contributed by atoms with Gasteiger partial charge in [-0.3, -0.25) is 13.9 Å². The van der Waals surface area contributed by atoms with Crippen molar-refractivity contribution in [3.63, 3.8) is 0 Å². The van der Waals surface area contributed by atoms with Crippen LogP contribution in [0, 0.1) is 0 Å². The minimum atomic E-state index is -4.25. The number of carbonyl (C=O) groups is 2. The van der Waals surface area contributed by atoms with E-state index < -0.39 is 28.5 Å². The smallest absolute Gasteiger partial charge is 0.264 e. The summed E-state index contributed by atoms with van der Waals surface area (Å²) in [4.78, 5) is 28.8. The quantitative estimate of drug-likeness (QED) is 0.247. The van der Waals surface area contributed by atoms with Gasteiger partial charge in [-0.25, -0.2) is 8.42 Å². The molecule has 1 N–H and O–H groups in total. The fourth-order valence-electron chi connectivity index (χ4n) is 4.06. The van der Waals surface area contributed by atoms with E-state index in [-0.39, 0.29) is 39.1 Å². The maximum Gasteiger partial charge on any atom is 0.264 e. The molecule has 3 rings (SSSR count). The molecule has 0 saturated carbocycles. The second-order valence-electron chi connectivity index (χ2n) is 9.31. The summed E-state index contributed by atoms with van der Waals surface area (Å²) in [5, 5.41) is 3.82. The highest BCUT2D eigenvalue weighted by molar-refractivity contribution is 7.92. The predicted octanol–water partition coefficient (Wildman–Crippen LogP) is 6.56. The normalized spacial score (nSPS) is 12.8. The number of carbonyl (C=O) groups excluding carboxylic acids is 2. The molecule has 11 heteroatoms. The highest BCUT2D eigenvalue weighted by atomic mass is 35.5. The SMILES string of the molecule is CC[C@H](C(=O)N[C@@H](C)CC)N(Cc1ccc(Cl)cc1)C(=O)CN(c1cc(Cl)ccc1Cl)S(=O)(=O)c1ccccc1. The van der Waals surface area contributed by atoms with Crippen LogP contribution < -0.4 is 9.62 Å². The van der Waals surface area contributed by atoms with E-state index >= 15 is 0 Å². The lowest BCUT2D eigenvalue weighted by molar-refractivity contribution is -0.140. The van der Waals surface area contributed by atoms with Gasteiger partial charge in [-0.05, 0) is 67.8 Å². The van der Waals surface area contributed by atoms with Crippen molar-refractivity contribution in [3.8, 4) is 0 Å². The van der Waals surface area contributed by atoms with Gasteiger partial charge in [0.05, 0.1) is 15.6 Å². The Kier molecular flexibility index (Phi) is 11.3. The van der Waals surface area contributed by atoms with Crippen LogP contribution in [-0.2, 0) is 26.2 Å². The number of nitrogens with zero attached hydrogens (tertiary/aromatic N) is 2. The highest BCUT2D eigenvalue weighted by Gasteiger charge is 2.34. The number of benzene rings is 3. The zero-order chi connectivity index (χ0) is 29.4. The number of sulfonamides is 1. The maximum absolute atomic E-state index is 14.1. The van der Waals surface area contributed by atoms with Crippen LogP contribution in [0.15, 0.2) is 77.7 Å². The third-order valence-corrected chi connectivity index (χ3v) is 9.02. The summed E-state index contributed by atoms with van der Waals surface area (Å²) in [6, 6.07) is 18.1. The van der Waals surface area contributed by atoms with Crippen LogP contribution in [0.3, 0.4) is 0 Å². The standard InChI is InChI=1S/C29H32Cl3N3O4S/c1-4-20(3)33-29(37)26(5-2)34(18-21-11-13-22(30)14-12-21)28(36)19-35(27-17-23(31)15-16-25(27)32)40(38,39)24-9-7-6-8-10-24/h6-17,20,26H,4-5,18-19H2,1-3H3,(H,33,37)/t20-,26+/m0/s1. The van der Waals surface area contributed by atoms with Gasteiger partial charge in [0.1, 0.15) is 12.6 Å². The van der Waals surface area contributed by atoms with E-state index in [0.717, 1.165) is 9.87 Å². The lowest BCUT2D eigenvalue weighted by Gasteiger charge is -2.34. The lowest BCUT2D eigenvalue weighted by atomic mass is 10.1. The molecule has 214 valence electrons. The number of hydrogen-bond acceptors (Lipinski definition) is 4. The summed E-state index contributed by atoms with van der Waals surface area (Å²) in [6.07, 6.45) is 1.02. The van der Waals surface area contributed by atoms with Crippen LogP contribution in [0.2, 0.25) is 15.1 Å². The number of rotatable bonds is 12. The Hall–Kier alpha value is -2.78. The average molecular weight is 625 g/mol. The molecule has 0 aliphatic rings. The van der Waals surface area contributed by atoms with Gasteiger partial charge < -0.3 is 10.2 Å². The number of nitrogens with one attached hydrogen (secondary N) is 1. The van der Waals surface area contributed by atoms with Crippen LogP contribution in [0.1, 0.15) is 39.2 Å².